The first-order valence-electron chi connectivity index (χ1n) is 10.1. The second-order valence-electron chi connectivity index (χ2n) is 7.51. The Morgan fingerprint density at radius 2 is 1.43 bits per heavy atom. The number of anilines is 2. The van der Waals surface area contributed by atoms with Crippen LogP contribution in [0.15, 0.2) is 47.4 Å². The van der Waals surface area contributed by atoms with Gasteiger partial charge in [-0.05, 0) is 61.7 Å². The molecule has 3 rings (SSSR count). The predicted octanol–water partition coefficient (Wildman–Crippen LogP) is 3.77. The molecule has 7 nitrogen and oxygen atoms in total. The molecule has 160 valence electrons. The normalized spacial score (nSPS) is 15.3. The number of nitrogens with one attached hydrogen (secondary N) is 2. The Morgan fingerprint density at radius 1 is 0.867 bits per heavy atom. The second-order valence-corrected chi connectivity index (χ2v) is 9.45. The van der Waals surface area contributed by atoms with Gasteiger partial charge in [-0.15, -0.1) is 0 Å². The summed E-state index contributed by atoms with van der Waals surface area (Å²) in [5.74, 6) is -0.558. The molecule has 0 aliphatic carbocycles. The van der Waals surface area contributed by atoms with Crippen LogP contribution in [0.2, 0.25) is 0 Å². The van der Waals surface area contributed by atoms with Crippen LogP contribution in [0.3, 0.4) is 0 Å². The van der Waals surface area contributed by atoms with E-state index < -0.39 is 10.0 Å². The molecule has 2 amide bonds. The number of amides is 2. The van der Waals surface area contributed by atoms with Gasteiger partial charge in [-0.3, -0.25) is 9.59 Å². The fourth-order valence-electron chi connectivity index (χ4n) is 3.48. The number of rotatable bonds is 5. The minimum absolute atomic E-state index is 0.140. The van der Waals surface area contributed by atoms with Gasteiger partial charge in [0.2, 0.25) is 15.9 Å². The number of sulfonamides is 1. The molecule has 1 aliphatic heterocycles. The maximum Gasteiger partial charge on any atom is 0.255 e. The van der Waals surface area contributed by atoms with Crippen LogP contribution in [0.1, 0.15) is 48.5 Å². The molecular formula is C22H27N3O4S. The minimum Gasteiger partial charge on any atom is -0.326 e. The number of aryl methyl sites for hydroxylation is 1. The summed E-state index contributed by atoms with van der Waals surface area (Å²) in [6.45, 7) is 4.22. The number of hydrogen-bond acceptors (Lipinski definition) is 4. The van der Waals surface area contributed by atoms with Crippen molar-refractivity contribution in [1.82, 2.24) is 4.31 Å². The van der Waals surface area contributed by atoms with Crippen LogP contribution in [0, 0.1) is 6.92 Å². The molecule has 1 aliphatic rings. The molecule has 1 saturated heterocycles. The molecular weight excluding hydrogens is 402 g/mol. The Bertz CT molecular complexity index is 1020. The molecule has 0 bridgehead atoms. The summed E-state index contributed by atoms with van der Waals surface area (Å²) in [6.07, 6.45) is 3.78. The number of hydrogen-bond donors (Lipinski definition) is 2. The van der Waals surface area contributed by atoms with E-state index in [2.05, 4.69) is 10.6 Å². The fourth-order valence-corrected chi connectivity index (χ4v) is 5.02. The van der Waals surface area contributed by atoms with E-state index in [-0.39, 0.29) is 16.7 Å². The van der Waals surface area contributed by atoms with Crippen molar-refractivity contribution in [2.75, 3.05) is 23.7 Å². The highest BCUT2D eigenvalue weighted by Gasteiger charge is 2.26. The Balaban J connectivity index is 1.80. The van der Waals surface area contributed by atoms with E-state index in [1.54, 1.807) is 43.3 Å². The predicted molar refractivity (Wildman–Crippen MR) is 117 cm³/mol. The summed E-state index contributed by atoms with van der Waals surface area (Å²) in [6, 6.07) is 11.4. The smallest absolute Gasteiger partial charge is 0.255 e. The zero-order valence-corrected chi connectivity index (χ0v) is 18.1. The molecule has 8 heteroatoms. The molecule has 0 spiro atoms. The van der Waals surface area contributed by atoms with Crippen molar-refractivity contribution in [3.05, 3.63) is 53.6 Å². The summed E-state index contributed by atoms with van der Waals surface area (Å²) in [4.78, 5) is 24.1. The maximum absolute atomic E-state index is 13.1. The highest BCUT2D eigenvalue weighted by molar-refractivity contribution is 7.89. The molecule has 1 fully saturated rings. The van der Waals surface area contributed by atoms with E-state index in [0.29, 0.717) is 35.6 Å². The minimum atomic E-state index is -3.64. The van der Waals surface area contributed by atoms with Crippen molar-refractivity contribution >= 4 is 33.2 Å². The summed E-state index contributed by atoms with van der Waals surface area (Å²) in [7, 11) is -3.64. The van der Waals surface area contributed by atoms with E-state index in [0.717, 1.165) is 25.7 Å². The molecule has 2 aromatic carbocycles. The average molecular weight is 430 g/mol. The van der Waals surface area contributed by atoms with Crippen molar-refractivity contribution in [3.63, 3.8) is 0 Å². The van der Waals surface area contributed by atoms with Crippen molar-refractivity contribution in [2.24, 2.45) is 0 Å². The lowest BCUT2D eigenvalue weighted by Gasteiger charge is -2.20. The highest BCUT2D eigenvalue weighted by Crippen LogP contribution is 2.23. The van der Waals surface area contributed by atoms with Gasteiger partial charge < -0.3 is 10.6 Å². The molecule has 0 unspecified atom stereocenters. The molecule has 2 N–H and O–H groups in total. The lowest BCUT2D eigenvalue weighted by Crippen LogP contribution is -2.32. The number of benzene rings is 2. The summed E-state index contributed by atoms with van der Waals surface area (Å²) in [5, 5.41) is 5.45. The lowest BCUT2D eigenvalue weighted by atomic mass is 10.1. The fraction of sp³-hybridized carbons (Fsp3) is 0.364. The van der Waals surface area contributed by atoms with E-state index in [4.69, 9.17) is 0 Å². The standard InChI is InChI=1S/C22H27N3O4S/c1-16-7-12-20(30(28,29)25-13-5-3-4-6-14-25)15-21(16)22(27)24-19-10-8-18(9-11-19)23-17(2)26/h7-12,15H,3-6,13-14H2,1-2H3,(H,23,26)(H,24,27). The quantitative estimate of drug-likeness (QED) is 0.756. The van der Waals surface area contributed by atoms with E-state index in [9.17, 15) is 18.0 Å². The van der Waals surface area contributed by atoms with Gasteiger partial charge in [-0.1, -0.05) is 18.9 Å². The van der Waals surface area contributed by atoms with Gasteiger partial charge in [0.05, 0.1) is 4.90 Å². The van der Waals surface area contributed by atoms with Crippen molar-refractivity contribution in [2.45, 2.75) is 44.4 Å². The Kier molecular flexibility index (Phi) is 6.89. The van der Waals surface area contributed by atoms with Crippen molar-refractivity contribution in [3.8, 4) is 0 Å². The van der Waals surface area contributed by atoms with Gasteiger partial charge in [0.1, 0.15) is 0 Å². The van der Waals surface area contributed by atoms with Gasteiger partial charge in [-0.2, -0.15) is 4.31 Å². The first kappa shape index (κ1) is 22.0. The van der Waals surface area contributed by atoms with Crippen LogP contribution in [0.4, 0.5) is 11.4 Å². The third kappa shape index (κ3) is 5.25. The summed E-state index contributed by atoms with van der Waals surface area (Å²) in [5.41, 5.74) is 2.19. The zero-order valence-electron chi connectivity index (χ0n) is 17.3. The molecule has 1 heterocycles. The average Bonchev–Trinajstić information content (AvgIpc) is 2.99. The molecule has 30 heavy (non-hydrogen) atoms. The molecule has 2 aromatic rings. The first-order valence-corrected chi connectivity index (χ1v) is 11.5. The first-order chi connectivity index (χ1) is 14.3. The largest absolute Gasteiger partial charge is 0.326 e. The highest BCUT2D eigenvalue weighted by atomic mass is 32.2. The van der Waals surface area contributed by atoms with Gasteiger partial charge >= 0.3 is 0 Å². The summed E-state index contributed by atoms with van der Waals surface area (Å²) >= 11 is 0. The van der Waals surface area contributed by atoms with Gasteiger partial charge in [-0.25, -0.2) is 8.42 Å². The SMILES string of the molecule is CC(=O)Nc1ccc(NC(=O)c2cc(S(=O)(=O)N3CCCCCC3)ccc2C)cc1. The maximum atomic E-state index is 13.1. The molecule has 0 aromatic heterocycles. The molecule has 0 radical (unpaired) electrons. The number of nitrogens with zero attached hydrogens (tertiary/aromatic N) is 1. The van der Waals surface area contributed by atoms with Crippen LogP contribution in [-0.2, 0) is 14.8 Å². The van der Waals surface area contributed by atoms with Crippen LogP contribution in [0.5, 0.6) is 0 Å². The lowest BCUT2D eigenvalue weighted by molar-refractivity contribution is -0.114. The van der Waals surface area contributed by atoms with Crippen LogP contribution in [-0.4, -0.2) is 37.6 Å². The molecule has 0 saturated carbocycles. The number of carbonyl (C=O) groups excluding carboxylic acids is 2. The van der Waals surface area contributed by atoms with Crippen LogP contribution >= 0.6 is 0 Å². The van der Waals surface area contributed by atoms with Gasteiger partial charge in [0.25, 0.3) is 5.91 Å². The van der Waals surface area contributed by atoms with Crippen molar-refractivity contribution in [1.29, 1.82) is 0 Å². The Labute approximate surface area is 177 Å². The van der Waals surface area contributed by atoms with E-state index in [1.165, 1.54) is 17.3 Å². The third-order valence-electron chi connectivity index (χ3n) is 5.12. The van der Waals surface area contributed by atoms with E-state index in [1.807, 2.05) is 0 Å². The summed E-state index contributed by atoms with van der Waals surface area (Å²) < 4.78 is 27.7. The third-order valence-corrected chi connectivity index (χ3v) is 7.01. The van der Waals surface area contributed by atoms with Crippen molar-refractivity contribution < 1.29 is 18.0 Å². The monoisotopic (exact) mass is 429 g/mol. The van der Waals surface area contributed by atoms with Crippen LogP contribution in [0.25, 0.3) is 0 Å². The Morgan fingerprint density at radius 3 is 2.00 bits per heavy atom. The number of carbonyl (C=O) groups is 2. The topological polar surface area (TPSA) is 95.6 Å². The Hall–Kier alpha value is -2.71. The zero-order chi connectivity index (χ0) is 21.7. The van der Waals surface area contributed by atoms with E-state index >= 15 is 0 Å². The molecule has 0 atom stereocenters. The van der Waals surface area contributed by atoms with Crippen LogP contribution < -0.4 is 10.6 Å². The second kappa shape index (κ2) is 9.40. The van der Waals surface area contributed by atoms with Gasteiger partial charge in [0.15, 0.2) is 0 Å². The van der Waals surface area contributed by atoms with Gasteiger partial charge in [0, 0.05) is 37.0 Å².